The molecule has 2 aromatic heterocycles. The lowest BCUT2D eigenvalue weighted by Gasteiger charge is -2.21. The predicted molar refractivity (Wildman–Crippen MR) is 141 cm³/mol. The molecule has 0 amide bonds. The van der Waals surface area contributed by atoms with Crippen molar-refractivity contribution in [1.29, 1.82) is 0 Å². The molecule has 4 aromatic rings. The van der Waals surface area contributed by atoms with Gasteiger partial charge in [0.25, 0.3) is 0 Å². The predicted octanol–water partition coefficient (Wildman–Crippen LogP) is 3.64. The Morgan fingerprint density at radius 2 is 1.83 bits per heavy atom. The molecule has 36 heavy (non-hydrogen) atoms. The molecule has 1 saturated carbocycles. The van der Waals surface area contributed by atoms with Crippen LogP contribution in [0.5, 0.6) is 5.75 Å². The SMILES string of the molecule is COc1cccc(C)c1Nc1nc(C)c(-c2nc3ccccc3s2)c(N[C@@H]2C[C@H](CO)[C@@H](O)[C@H]2O)n1. The number of anilines is 3. The van der Waals surface area contributed by atoms with Crippen LogP contribution in [0.2, 0.25) is 0 Å². The topological polar surface area (TPSA) is 133 Å². The summed E-state index contributed by atoms with van der Waals surface area (Å²) in [5.74, 6) is 1.10. The van der Waals surface area contributed by atoms with E-state index in [0.717, 1.165) is 32.0 Å². The van der Waals surface area contributed by atoms with Gasteiger partial charge in [-0.2, -0.15) is 4.98 Å². The lowest BCUT2D eigenvalue weighted by molar-refractivity contribution is 0.00446. The zero-order chi connectivity index (χ0) is 25.4. The van der Waals surface area contributed by atoms with Gasteiger partial charge in [0.15, 0.2) is 0 Å². The fourth-order valence-electron chi connectivity index (χ4n) is 4.68. The third-order valence-electron chi connectivity index (χ3n) is 6.65. The van der Waals surface area contributed by atoms with Crippen LogP contribution in [0.15, 0.2) is 42.5 Å². The van der Waals surface area contributed by atoms with Gasteiger partial charge >= 0.3 is 0 Å². The average molecular weight is 508 g/mol. The van der Waals surface area contributed by atoms with Crippen LogP contribution in [0.1, 0.15) is 17.7 Å². The zero-order valence-electron chi connectivity index (χ0n) is 20.3. The normalized spacial score (nSPS) is 21.6. The van der Waals surface area contributed by atoms with E-state index in [1.807, 2.05) is 56.3 Å². The molecular formula is C26H29N5O4S. The second-order valence-electron chi connectivity index (χ2n) is 9.03. The molecule has 1 aliphatic rings. The Morgan fingerprint density at radius 3 is 2.56 bits per heavy atom. The van der Waals surface area contributed by atoms with Crippen molar-refractivity contribution in [2.24, 2.45) is 5.92 Å². The minimum Gasteiger partial charge on any atom is -0.495 e. The van der Waals surface area contributed by atoms with Gasteiger partial charge in [0.05, 0.1) is 46.4 Å². The largest absolute Gasteiger partial charge is 0.495 e. The molecule has 0 aliphatic heterocycles. The number of aliphatic hydroxyl groups is 3. The van der Waals surface area contributed by atoms with Crippen LogP contribution in [0, 0.1) is 19.8 Å². The molecule has 0 bridgehead atoms. The number of hydrogen-bond acceptors (Lipinski definition) is 10. The minimum atomic E-state index is -1.05. The summed E-state index contributed by atoms with van der Waals surface area (Å²) in [6.07, 6.45) is -1.67. The number of hydrogen-bond donors (Lipinski definition) is 5. The Labute approximate surface area is 212 Å². The van der Waals surface area contributed by atoms with Crippen LogP contribution >= 0.6 is 11.3 Å². The Balaban J connectivity index is 1.59. The van der Waals surface area contributed by atoms with Gasteiger partial charge in [-0.15, -0.1) is 11.3 Å². The maximum absolute atomic E-state index is 10.7. The first-order valence-corrected chi connectivity index (χ1v) is 12.6. The average Bonchev–Trinajstić information content (AvgIpc) is 3.41. The van der Waals surface area contributed by atoms with Crippen molar-refractivity contribution in [1.82, 2.24) is 15.0 Å². The van der Waals surface area contributed by atoms with Crippen molar-refractivity contribution in [3.8, 4) is 16.3 Å². The van der Waals surface area contributed by atoms with Crippen LogP contribution in [0.4, 0.5) is 17.5 Å². The van der Waals surface area contributed by atoms with Crippen LogP contribution < -0.4 is 15.4 Å². The summed E-state index contributed by atoms with van der Waals surface area (Å²) in [6, 6.07) is 13.1. The number of nitrogens with zero attached hydrogens (tertiary/aromatic N) is 3. The molecule has 4 atom stereocenters. The lowest BCUT2D eigenvalue weighted by Crippen LogP contribution is -2.35. The molecular weight excluding hydrogens is 478 g/mol. The molecule has 2 aromatic carbocycles. The molecule has 0 spiro atoms. The minimum absolute atomic E-state index is 0.205. The standard InChI is InChI=1S/C26H29N5O4S/c1-13-7-6-9-18(35-3)21(13)30-26-27-14(2)20(25-29-16-8-4-5-10-19(16)36-25)24(31-26)28-17-11-15(12-32)22(33)23(17)34/h4-10,15,17,22-23,32-34H,11-12H2,1-3H3,(H2,27,28,30,31)/t15-,17-,22-,23+/m1/s1. The second kappa shape index (κ2) is 9.98. The van der Waals surface area contributed by atoms with E-state index in [9.17, 15) is 15.3 Å². The number of fused-ring (bicyclic) bond motifs is 1. The summed E-state index contributed by atoms with van der Waals surface area (Å²) in [6.45, 7) is 3.66. The van der Waals surface area contributed by atoms with E-state index in [-0.39, 0.29) is 6.61 Å². The zero-order valence-corrected chi connectivity index (χ0v) is 21.1. The summed E-state index contributed by atoms with van der Waals surface area (Å²) in [5.41, 5.74) is 4.04. The maximum Gasteiger partial charge on any atom is 0.229 e. The van der Waals surface area contributed by atoms with E-state index in [0.29, 0.717) is 29.6 Å². The summed E-state index contributed by atoms with van der Waals surface area (Å²) in [5, 5.41) is 38.0. The van der Waals surface area contributed by atoms with Crippen molar-refractivity contribution in [2.45, 2.75) is 38.5 Å². The van der Waals surface area contributed by atoms with E-state index in [1.54, 1.807) is 7.11 Å². The number of benzene rings is 2. The number of ether oxygens (including phenoxy) is 1. The molecule has 9 nitrogen and oxygen atoms in total. The van der Waals surface area contributed by atoms with E-state index in [1.165, 1.54) is 11.3 Å². The lowest BCUT2D eigenvalue weighted by atomic mass is 10.1. The van der Waals surface area contributed by atoms with Gasteiger partial charge in [0.1, 0.15) is 22.7 Å². The maximum atomic E-state index is 10.7. The molecule has 0 saturated heterocycles. The molecule has 5 N–H and O–H groups in total. The van der Waals surface area contributed by atoms with Crippen LogP contribution in [-0.4, -0.2) is 62.2 Å². The van der Waals surface area contributed by atoms with E-state index < -0.39 is 24.2 Å². The number of rotatable bonds is 7. The first-order chi connectivity index (χ1) is 17.4. The number of aliphatic hydroxyl groups excluding tert-OH is 3. The third-order valence-corrected chi connectivity index (χ3v) is 7.70. The third kappa shape index (κ3) is 4.48. The van der Waals surface area contributed by atoms with E-state index in [2.05, 4.69) is 10.6 Å². The summed E-state index contributed by atoms with van der Waals surface area (Å²) >= 11 is 1.54. The van der Waals surface area contributed by atoms with Gasteiger partial charge in [-0.1, -0.05) is 24.3 Å². The van der Waals surface area contributed by atoms with Crippen LogP contribution in [-0.2, 0) is 0 Å². The monoisotopic (exact) mass is 507 g/mol. The highest BCUT2D eigenvalue weighted by Crippen LogP contribution is 2.39. The van der Waals surface area contributed by atoms with Crippen molar-refractivity contribution in [3.05, 3.63) is 53.7 Å². The number of aryl methyl sites for hydroxylation is 2. The Hall–Kier alpha value is -3.31. The smallest absolute Gasteiger partial charge is 0.229 e. The van der Waals surface area contributed by atoms with Crippen LogP contribution in [0.25, 0.3) is 20.8 Å². The Bertz CT molecular complexity index is 1360. The number of para-hydroxylation sites is 2. The summed E-state index contributed by atoms with van der Waals surface area (Å²) in [4.78, 5) is 14.3. The van der Waals surface area contributed by atoms with Gasteiger partial charge in [-0.3, -0.25) is 0 Å². The van der Waals surface area contributed by atoms with E-state index in [4.69, 9.17) is 19.7 Å². The van der Waals surface area contributed by atoms with Crippen LogP contribution in [0.3, 0.4) is 0 Å². The van der Waals surface area contributed by atoms with E-state index >= 15 is 0 Å². The highest BCUT2D eigenvalue weighted by atomic mass is 32.1. The summed E-state index contributed by atoms with van der Waals surface area (Å²) in [7, 11) is 1.61. The first-order valence-electron chi connectivity index (χ1n) is 11.8. The van der Waals surface area contributed by atoms with Gasteiger partial charge in [-0.05, 0) is 44.0 Å². The molecule has 0 radical (unpaired) electrons. The van der Waals surface area contributed by atoms with Crippen molar-refractivity contribution in [3.63, 3.8) is 0 Å². The number of aromatic nitrogens is 3. The molecule has 1 fully saturated rings. The number of methoxy groups -OCH3 is 1. The molecule has 2 heterocycles. The fraction of sp³-hybridized carbons (Fsp3) is 0.346. The molecule has 188 valence electrons. The highest BCUT2D eigenvalue weighted by Gasteiger charge is 2.41. The molecule has 1 aliphatic carbocycles. The van der Waals surface area contributed by atoms with Gasteiger partial charge in [-0.25, -0.2) is 9.97 Å². The van der Waals surface area contributed by atoms with Gasteiger partial charge in [0, 0.05) is 12.5 Å². The highest BCUT2D eigenvalue weighted by molar-refractivity contribution is 7.21. The van der Waals surface area contributed by atoms with Gasteiger partial charge < -0.3 is 30.7 Å². The second-order valence-corrected chi connectivity index (χ2v) is 10.1. The van der Waals surface area contributed by atoms with Crippen molar-refractivity contribution in [2.75, 3.05) is 24.4 Å². The Morgan fingerprint density at radius 1 is 1.03 bits per heavy atom. The Kier molecular flexibility index (Phi) is 6.76. The van der Waals surface area contributed by atoms with Crippen molar-refractivity contribution < 1.29 is 20.1 Å². The summed E-state index contributed by atoms with van der Waals surface area (Å²) < 4.78 is 6.56. The fourth-order valence-corrected chi connectivity index (χ4v) is 5.74. The van der Waals surface area contributed by atoms with Gasteiger partial charge in [0.2, 0.25) is 5.95 Å². The number of thiazole rings is 1. The first kappa shape index (κ1) is 24.4. The van der Waals surface area contributed by atoms with Crippen molar-refractivity contribution >= 4 is 39.0 Å². The molecule has 0 unspecified atom stereocenters. The number of nitrogens with one attached hydrogen (secondary N) is 2. The molecule has 5 rings (SSSR count). The molecule has 10 heteroatoms. The quantitative estimate of drug-likeness (QED) is 0.254.